The molecular formula is C20H19ClFN3S. The molecule has 0 unspecified atom stereocenters. The van der Waals surface area contributed by atoms with Crippen LogP contribution in [0.1, 0.15) is 36.1 Å². The standard InChI is InChI=1S/C20H19ClFN3S/c21-15-5-7-16(24-11-15)6-3-13-4-8-18(22)17(10-13)20-9-1-2-14(20)12-26-19(23)25-20/h3-8,10-11,14H,1-2,9,12H2,(H2,23,25)/t14-,20-/m0/s1. The fraction of sp³-hybridized carbons (Fsp3) is 0.300. The van der Waals surface area contributed by atoms with Gasteiger partial charge in [-0.1, -0.05) is 41.9 Å². The van der Waals surface area contributed by atoms with Crippen molar-refractivity contribution in [1.82, 2.24) is 4.98 Å². The number of amidine groups is 1. The molecule has 2 heterocycles. The first kappa shape index (κ1) is 17.6. The van der Waals surface area contributed by atoms with E-state index >= 15 is 0 Å². The Morgan fingerprint density at radius 2 is 2.15 bits per heavy atom. The molecule has 1 saturated carbocycles. The van der Waals surface area contributed by atoms with Gasteiger partial charge in [0.05, 0.1) is 16.3 Å². The van der Waals surface area contributed by atoms with Crippen LogP contribution < -0.4 is 5.73 Å². The second kappa shape index (κ2) is 7.05. The third kappa shape index (κ3) is 3.26. The van der Waals surface area contributed by atoms with E-state index in [1.165, 1.54) is 6.07 Å². The Kier molecular flexibility index (Phi) is 4.76. The molecule has 2 aliphatic rings. The highest BCUT2D eigenvalue weighted by atomic mass is 35.5. The van der Waals surface area contributed by atoms with Gasteiger partial charge in [-0.05, 0) is 54.7 Å². The van der Waals surface area contributed by atoms with Gasteiger partial charge in [-0.25, -0.2) is 4.39 Å². The Morgan fingerprint density at radius 1 is 1.27 bits per heavy atom. The van der Waals surface area contributed by atoms with E-state index in [4.69, 9.17) is 22.3 Å². The van der Waals surface area contributed by atoms with Gasteiger partial charge in [-0.15, -0.1) is 0 Å². The summed E-state index contributed by atoms with van der Waals surface area (Å²) in [5.41, 5.74) is 7.88. The number of nitrogens with zero attached hydrogens (tertiary/aromatic N) is 2. The van der Waals surface area contributed by atoms with Gasteiger partial charge in [-0.2, -0.15) is 0 Å². The Labute approximate surface area is 161 Å². The van der Waals surface area contributed by atoms with E-state index in [1.807, 2.05) is 24.3 Å². The number of halogens is 2. The summed E-state index contributed by atoms with van der Waals surface area (Å²) in [4.78, 5) is 8.99. The average molecular weight is 388 g/mol. The number of hydrogen-bond acceptors (Lipinski definition) is 4. The second-order valence-electron chi connectivity index (χ2n) is 6.75. The lowest BCUT2D eigenvalue weighted by Crippen LogP contribution is -2.37. The van der Waals surface area contributed by atoms with Crippen molar-refractivity contribution in [2.24, 2.45) is 16.6 Å². The number of aromatic nitrogens is 1. The number of thioether (sulfide) groups is 1. The van der Waals surface area contributed by atoms with Gasteiger partial charge in [0.2, 0.25) is 0 Å². The molecule has 26 heavy (non-hydrogen) atoms. The van der Waals surface area contributed by atoms with Crippen LogP contribution in [0.25, 0.3) is 12.2 Å². The molecule has 6 heteroatoms. The molecule has 2 atom stereocenters. The van der Waals surface area contributed by atoms with E-state index in [0.717, 1.165) is 36.3 Å². The van der Waals surface area contributed by atoms with Gasteiger partial charge >= 0.3 is 0 Å². The molecule has 0 radical (unpaired) electrons. The lowest BCUT2D eigenvalue weighted by Gasteiger charge is -2.36. The minimum atomic E-state index is -0.512. The molecule has 1 fully saturated rings. The van der Waals surface area contributed by atoms with Crippen molar-refractivity contribution in [2.45, 2.75) is 24.8 Å². The molecule has 0 amide bonds. The van der Waals surface area contributed by atoms with Gasteiger partial charge in [-0.3, -0.25) is 9.98 Å². The van der Waals surface area contributed by atoms with Crippen molar-refractivity contribution in [3.05, 3.63) is 64.2 Å². The van der Waals surface area contributed by atoms with Crippen molar-refractivity contribution in [3.8, 4) is 0 Å². The number of nitrogens with two attached hydrogens (primary N) is 1. The Balaban J connectivity index is 1.70. The summed E-state index contributed by atoms with van der Waals surface area (Å²) in [6.07, 6.45) is 8.41. The fourth-order valence-electron chi connectivity index (χ4n) is 3.90. The van der Waals surface area contributed by atoms with Crippen LogP contribution >= 0.6 is 23.4 Å². The van der Waals surface area contributed by atoms with Crippen LogP contribution in [0.15, 0.2) is 41.5 Å². The van der Waals surface area contributed by atoms with Crippen LogP contribution in [-0.2, 0) is 5.54 Å². The number of rotatable bonds is 3. The number of fused-ring (bicyclic) bond motifs is 1. The molecule has 4 rings (SSSR count). The quantitative estimate of drug-likeness (QED) is 0.796. The van der Waals surface area contributed by atoms with Crippen LogP contribution in [0.2, 0.25) is 5.02 Å². The van der Waals surface area contributed by atoms with E-state index in [2.05, 4.69) is 4.98 Å². The normalized spacial score (nSPS) is 25.3. The first-order chi connectivity index (χ1) is 12.6. The average Bonchev–Trinajstić information content (AvgIpc) is 3.06. The highest BCUT2D eigenvalue weighted by Gasteiger charge is 2.47. The number of benzene rings is 1. The van der Waals surface area contributed by atoms with Gasteiger partial charge in [0.25, 0.3) is 0 Å². The summed E-state index contributed by atoms with van der Waals surface area (Å²) in [7, 11) is 0. The fourth-order valence-corrected chi connectivity index (χ4v) is 5.06. The molecule has 2 aromatic rings. The van der Waals surface area contributed by atoms with Crippen LogP contribution in [0.4, 0.5) is 4.39 Å². The summed E-state index contributed by atoms with van der Waals surface area (Å²) >= 11 is 7.44. The molecule has 0 spiro atoms. The van der Waals surface area contributed by atoms with Gasteiger partial charge in [0, 0.05) is 17.5 Å². The van der Waals surface area contributed by atoms with Crippen molar-refractivity contribution < 1.29 is 4.39 Å². The number of aliphatic imine (C=N–C) groups is 1. The Hall–Kier alpha value is -1.85. The van der Waals surface area contributed by atoms with Crippen LogP contribution in [-0.4, -0.2) is 15.9 Å². The molecule has 1 aliphatic carbocycles. The predicted molar refractivity (Wildman–Crippen MR) is 108 cm³/mol. The molecule has 3 nitrogen and oxygen atoms in total. The zero-order chi connectivity index (χ0) is 18.1. The third-order valence-corrected chi connectivity index (χ3v) is 6.36. The van der Waals surface area contributed by atoms with Crippen LogP contribution in [0.3, 0.4) is 0 Å². The highest BCUT2D eigenvalue weighted by molar-refractivity contribution is 8.13. The minimum Gasteiger partial charge on any atom is -0.379 e. The largest absolute Gasteiger partial charge is 0.379 e. The van der Waals surface area contributed by atoms with Gasteiger partial charge in [0.15, 0.2) is 5.17 Å². The smallest absolute Gasteiger partial charge is 0.154 e. The summed E-state index contributed by atoms with van der Waals surface area (Å²) < 4.78 is 14.8. The molecule has 2 N–H and O–H groups in total. The van der Waals surface area contributed by atoms with E-state index in [0.29, 0.717) is 21.7 Å². The van der Waals surface area contributed by atoms with Crippen molar-refractivity contribution in [2.75, 3.05) is 5.75 Å². The number of hydrogen-bond donors (Lipinski definition) is 1. The van der Waals surface area contributed by atoms with E-state index in [-0.39, 0.29) is 5.82 Å². The first-order valence-corrected chi connectivity index (χ1v) is 10.0. The number of pyridine rings is 1. The molecule has 0 bridgehead atoms. The minimum absolute atomic E-state index is 0.206. The van der Waals surface area contributed by atoms with E-state index in [9.17, 15) is 4.39 Å². The maximum Gasteiger partial charge on any atom is 0.154 e. The summed E-state index contributed by atoms with van der Waals surface area (Å²) in [5.74, 6) is 1.04. The summed E-state index contributed by atoms with van der Waals surface area (Å²) in [6.45, 7) is 0. The third-order valence-electron chi connectivity index (χ3n) is 5.18. The molecule has 1 aromatic heterocycles. The molecular weight excluding hydrogens is 369 g/mol. The maximum atomic E-state index is 14.8. The molecule has 134 valence electrons. The monoisotopic (exact) mass is 387 g/mol. The summed E-state index contributed by atoms with van der Waals surface area (Å²) in [5, 5.41) is 1.16. The maximum absolute atomic E-state index is 14.8. The first-order valence-electron chi connectivity index (χ1n) is 8.65. The SMILES string of the molecule is NC1=N[C@@]2(c3cc(C=Cc4ccc(Cl)cn4)ccc3F)CCC[C@H]2CS1. The highest BCUT2D eigenvalue weighted by Crippen LogP contribution is 2.51. The molecule has 1 aromatic carbocycles. The zero-order valence-corrected chi connectivity index (χ0v) is 15.7. The second-order valence-corrected chi connectivity index (χ2v) is 8.23. The molecule has 1 aliphatic heterocycles. The predicted octanol–water partition coefficient (Wildman–Crippen LogP) is 5.10. The van der Waals surface area contributed by atoms with Crippen molar-refractivity contribution in [1.29, 1.82) is 0 Å². The zero-order valence-electron chi connectivity index (χ0n) is 14.2. The van der Waals surface area contributed by atoms with Crippen molar-refractivity contribution in [3.63, 3.8) is 0 Å². The lowest BCUT2D eigenvalue weighted by molar-refractivity contribution is 0.341. The Bertz CT molecular complexity index is 881. The Morgan fingerprint density at radius 3 is 2.96 bits per heavy atom. The van der Waals surface area contributed by atoms with Gasteiger partial charge < -0.3 is 5.73 Å². The van der Waals surface area contributed by atoms with Crippen LogP contribution in [0.5, 0.6) is 0 Å². The van der Waals surface area contributed by atoms with E-state index in [1.54, 1.807) is 30.1 Å². The van der Waals surface area contributed by atoms with Crippen molar-refractivity contribution >= 4 is 40.7 Å². The summed E-state index contributed by atoms with van der Waals surface area (Å²) in [6, 6.07) is 8.85. The topological polar surface area (TPSA) is 51.3 Å². The van der Waals surface area contributed by atoms with Crippen LogP contribution in [0, 0.1) is 11.7 Å². The van der Waals surface area contributed by atoms with Gasteiger partial charge in [0.1, 0.15) is 5.82 Å². The lowest BCUT2D eigenvalue weighted by atomic mass is 9.80. The van der Waals surface area contributed by atoms with E-state index < -0.39 is 5.54 Å². The molecule has 0 saturated heterocycles.